The number of nitrogens with one attached hydrogen (secondary N) is 1. The van der Waals surface area contributed by atoms with Crippen molar-refractivity contribution in [3.8, 4) is 0 Å². The number of carbonyl (C=O) groups is 1. The summed E-state index contributed by atoms with van der Waals surface area (Å²) >= 11 is 0. The molecule has 0 bridgehead atoms. The standard InChI is InChI=1S/C25H36N4O2/c1-20-26-10-13-29(20)14-11-27-24(30)25(8-15-31-16-9-25)18-21-5-3-6-22(17-21)23-7-4-12-28(2)19-23/h3,5-6,10,13,17,23H,4,7-9,11-12,14-16,18-19H2,1-2H3,(H,27,30)/t23-/m1/s1. The van der Waals surface area contributed by atoms with E-state index in [0.717, 1.165) is 38.2 Å². The lowest BCUT2D eigenvalue weighted by molar-refractivity contribution is -0.136. The normalized spacial score (nSPS) is 21.7. The van der Waals surface area contributed by atoms with Crippen LogP contribution in [0.1, 0.15) is 48.6 Å². The van der Waals surface area contributed by atoms with Crippen molar-refractivity contribution in [3.63, 3.8) is 0 Å². The van der Waals surface area contributed by atoms with Crippen LogP contribution in [0.15, 0.2) is 36.7 Å². The molecule has 0 unspecified atom stereocenters. The molecular formula is C25H36N4O2. The van der Waals surface area contributed by atoms with E-state index in [9.17, 15) is 4.79 Å². The summed E-state index contributed by atoms with van der Waals surface area (Å²) in [5.74, 6) is 1.73. The van der Waals surface area contributed by atoms with E-state index in [1.165, 1.54) is 30.5 Å². The number of aromatic nitrogens is 2. The number of ether oxygens (including phenoxy) is 1. The summed E-state index contributed by atoms with van der Waals surface area (Å²) in [6.45, 7) is 6.97. The second-order valence-corrected chi connectivity index (χ2v) is 9.34. The Kier molecular flexibility index (Phi) is 7.08. The van der Waals surface area contributed by atoms with Crippen LogP contribution in [0.5, 0.6) is 0 Å². The molecule has 0 spiro atoms. The average Bonchev–Trinajstić information content (AvgIpc) is 3.19. The highest BCUT2D eigenvalue weighted by atomic mass is 16.5. The maximum Gasteiger partial charge on any atom is 0.226 e. The topological polar surface area (TPSA) is 59.4 Å². The zero-order valence-electron chi connectivity index (χ0n) is 19.0. The molecule has 1 atom stereocenters. The molecule has 2 fully saturated rings. The van der Waals surface area contributed by atoms with Crippen molar-refractivity contribution in [1.82, 2.24) is 19.8 Å². The van der Waals surface area contributed by atoms with Gasteiger partial charge in [0, 0.05) is 45.2 Å². The molecule has 4 rings (SSSR count). The van der Waals surface area contributed by atoms with Crippen LogP contribution in [0.4, 0.5) is 0 Å². The average molecular weight is 425 g/mol. The molecule has 31 heavy (non-hydrogen) atoms. The Hall–Kier alpha value is -2.18. The smallest absolute Gasteiger partial charge is 0.226 e. The van der Waals surface area contributed by atoms with Gasteiger partial charge >= 0.3 is 0 Å². The van der Waals surface area contributed by atoms with Gasteiger partial charge in [-0.2, -0.15) is 0 Å². The lowest BCUT2D eigenvalue weighted by Gasteiger charge is -2.36. The summed E-state index contributed by atoms with van der Waals surface area (Å²) in [7, 11) is 2.21. The minimum atomic E-state index is -0.385. The SMILES string of the molecule is Cc1nccn1CCNC(=O)C1(Cc2cccc([C@@H]3CCCN(C)C3)c2)CCOCC1. The molecule has 2 aromatic rings. The number of imidazole rings is 1. The summed E-state index contributed by atoms with van der Waals surface area (Å²) in [6.07, 6.45) is 8.60. The maximum absolute atomic E-state index is 13.4. The number of nitrogens with zero attached hydrogens (tertiary/aromatic N) is 3. The van der Waals surface area contributed by atoms with Crippen LogP contribution >= 0.6 is 0 Å². The highest BCUT2D eigenvalue weighted by molar-refractivity contribution is 5.83. The number of carbonyl (C=O) groups excluding carboxylic acids is 1. The highest BCUT2D eigenvalue weighted by Crippen LogP contribution is 2.36. The number of hydrogen-bond donors (Lipinski definition) is 1. The maximum atomic E-state index is 13.4. The second-order valence-electron chi connectivity index (χ2n) is 9.34. The highest BCUT2D eigenvalue weighted by Gasteiger charge is 2.40. The number of benzene rings is 1. The third-order valence-electron chi connectivity index (χ3n) is 7.08. The van der Waals surface area contributed by atoms with E-state index in [-0.39, 0.29) is 11.3 Å². The van der Waals surface area contributed by atoms with Crippen LogP contribution in [0, 0.1) is 12.3 Å². The van der Waals surface area contributed by atoms with Gasteiger partial charge in [-0.05, 0) is 69.7 Å². The fraction of sp³-hybridized carbons (Fsp3) is 0.600. The van der Waals surface area contributed by atoms with Crippen molar-refractivity contribution >= 4 is 5.91 Å². The number of rotatable bonds is 7. The molecule has 1 amide bonds. The summed E-state index contributed by atoms with van der Waals surface area (Å²) in [4.78, 5) is 20.1. The van der Waals surface area contributed by atoms with Gasteiger partial charge in [0.1, 0.15) is 5.82 Å². The number of hydrogen-bond acceptors (Lipinski definition) is 4. The fourth-order valence-electron chi connectivity index (χ4n) is 5.15. The number of amides is 1. The Bertz CT molecular complexity index is 872. The first-order valence-electron chi connectivity index (χ1n) is 11.7. The van der Waals surface area contributed by atoms with Crippen LogP contribution in [0.25, 0.3) is 0 Å². The lowest BCUT2D eigenvalue weighted by atomic mass is 9.74. The summed E-state index contributed by atoms with van der Waals surface area (Å²) in [5, 5.41) is 3.21. The zero-order valence-corrected chi connectivity index (χ0v) is 19.0. The third kappa shape index (κ3) is 5.36. The van der Waals surface area contributed by atoms with Crippen molar-refractivity contribution in [2.75, 3.05) is 39.9 Å². The van der Waals surface area contributed by atoms with Crippen molar-refractivity contribution in [3.05, 3.63) is 53.6 Å². The van der Waals surface area contributed by atoms with E-state index in [1.54, 1.807) is 6.20 Å². The monoisotopic (exact) mass is 424 g/mol. The molecule has 1 aromatic heterocycles. The van der Waals surface area contributed by atoms with Gasteiger partial charge in [-0.1, -0.05) is 24.3 Å². The molecule has 1 N–H and O–H groups in total. The Morgan fingerprint density at radius 3 is 2.90 bits per heavy atom. The minimum absolute atomic E-state index is 0.163. The molecule has 168 valence electrons. The van der Waals surface area contributed by atoms with Gasteiger partial charge in [-0.15, -0.1) is 0 Å². The molecule has 2 aliphatic heterocycles. The van der Waals surface area contributed by atoms with Crippen LogP contribution in [0.3, 0.4) is 0 Å². The van der Waals surface area contributed by atoms with Gasteiger partial charge in [0.25, 0.3) is 0 Å². The van der Waals surface area contributed by atoms with E-state index in [4.69, 9.17) is 4.74 Å². The van der Waals surface area contributed by atoms with E-state index < -0.39 is 0 Å². The van der Waals surface area contributed by atoms with Gasteiger partial charge in [0.15, 0.2) is 0 Å². The van der Waals surface area contributed by atoms with Gasteiger partial charge in [-0.25, -0.2) is 4.98 Å². The molecule has 3 heterocycles. The number of piperidine rings is 1. The predicted molar refractivity (Wildman–Crippen MR) is 122 cm³/mol. The van der Waals surface area contributed by atoms with Crippen molar-refractivity contribution in [2.24, 2.45) is 5.41 Å². The molecule has 6 nitrogen and oxygen atoms in total. The molecule has 0 radical (unpaired) electrons. The van der Waals surface area contributed by atoms with Gasteiger partial charge in [0.2, 0.25) is 5.91 Å². The third-order valence-corrected chi connectivity index (χ3v) is 7.08. The van der Waals surface area contributed by atoms with E-state index in [1.807, 2.05) is 13.1 Å². The summed E-state index contributed by atoms with van der Waals surface area (Å²) in [6, 6.07) is 8.97. The zero-order chi connectivity index (χ0) is 21.7. The van der Waals surface area contributed by atoms with E-state index in [0.29, 0.717) is 25.7 Å². The predicted octanol–water partition coefficient (Wildman–Crippen LogP) is 3.16. The number of likely N-dealkylation sites (tertiary alicyclic amines) is 1. The molecule has 1 aromatic carbocycles. The second kappa shape index (κ2) is 9.96. The van der Waals surface area contributed by atoms with Gasteiger partial charge < -0.3 is 19.5 Å². The van der Waals surface area contributed by atoms with Crippen LogP contribution in [-0.4, -0.2) is 60.3 Å². The van der Waals surface area contributed by atoms with E-state index in [2.05, 4.69) is 51.1 Å². The van der Waals surface area contributed by atoms with Gasteiger partial charge in [-0.3, -0.25) is 4.79 Å². The first-order chi connectivity index (χ1) is 15.1. The summed E-state index contributed by atoms with van der Waals surface area (Å²) < 4.78 is 7.70. The Morgan fingerprint density at radius 1 is 1.32 bits per heavy atom. The molecule has 2 aliphatic rings. The molecule has 2 saturated heterocycles. The molecule has 0 aliphatic carbocycles. The van der Waals surface area contributed by atoms with Crippen LogP contribution < -0.4 is 5.32 Å². The lowest BCUT2D eigenvalue weighted by Crippen LogP contribution is -2.46. The van der Waals surface area contributed by atoms with Crippen molar-refractivity contribution in [1.29, 1.82) is 0 Å². The molecule has 0 saturated carbocycles. The van der Waals surface area contributed by atoms with Crippen LogP contribution in [0.2, 0.25) is 0 Å². The minimum Gasteiger partial charge on any atom is -0.381 e. The first-order valence-corrected chi connectivity index (χ1v) is 11.7. The van der Waals surface area contributed by atoms with Crippen molar-refractivity contribution < 1.29 is 9.53 Å². The van der Waals surface area contributed by atoms with Crippen molar-refractivity contribution in [2.45, 2.75) is 51.5 Å². The Morgan fingerprint density at radius 2 is 2.16 bits per heavy atom. The Labute approximate surface area is 186 Å². The number of likely N-dealkylation sites (N-methyl/N-ethyl adjacent to an activating group) is 1. The Balaban J connectivity index is 1.44. The number of aryl methyl sites for hydroxylation is 1. The quantitative estimate of drug-likeness (QED) is 0.742. The largest absolute Gasteiger partial charge is 0.381 e. The molecular weight excluding hydrogens is 388 g/mol. The molecule has 6 heteroatoms. The van der Waals surface area contributed by atoms with E-state index >= 15 is 0 Å². The fourth-order valence-corrected chi connectivity index (χ4v) is 5.15. The van der Waals surface area contributed by atoms with Gasteiger partial charge in [0.05, 0.1) is 5.41 Å². The van der Waals surface area contributed by atoms with Crippen LogP contribution in [-0.2, 0) is 22.5 Å². The first kappa shape index (κ1) is 22.0. The summed E-state index contributed by atoms with van der Waals surface area (Å²) in [5.41, 5.74) is 2.31.